The van der Waals surface area contributed by atoms with Gasteiger partial charge in [-0.2, -0.15) is 0 Å². The summed E-state index contributed by atoms with van der Waals surface area (Å²) in [6, 6.07) is 1.36. The normalized spacial score (nSPS) is 31.3. The first-order valence-electron chi connectivity index (χ1n) is 7.45. The molecular formula is C14H29N3O. The van der Waals surface area contributed by atoms with Crippen molar-refractivity contribution in [2.45, 2.75) is 44.9 Å². The zero-order chi connectivity index (χ0) is 13.0. The molecule has 106 valence electrons. The molecule has 1 N–H and O–H groups in total. The summed E-state index contributed by atoms with van der Waals surface area (Å²) in [5, 5.41) is 3.31. The van der Waals surface area contributed by atoms with Gasteiger partial charge in [-0.25, -0.2) is 0 Å². The first-order valence-corrected chi connectivity index (χ1v) is 7.45. The van der Waals surface area contributed by atoms with E-state index in [4.69, 9.17) is 4.74 Å². The molecule has 0 aromatic heterocycles. The molecule has 4 nitrogen and oxygen atoms in total. The van der Waals surface area contributed by atoms with Gasteiger partial charge in [-0.3, -0.25) is 9.80 Å². The molecule has 0 spiro atoms. The molecule has 4 heteroatoms. The van der Waals surface area contributed by atoms with E-state index in [-0.39, 0.29) is 0 Å². The fourth-order valence-corrected chi connectivity index (χ4v) is 3.19. The van der Waals surface area contributed by atoms with Crippen molar-refractivity contribution in [3.05, 3.63) is 0 Å². The van der Waals surface area contributed by atoms with Crippen molar-refractivity contribution in [2.24, 2.45) is 0 Å². The summed E-state index contributed by atoms with van der Waals surface area (Å²) in [4.78, 5) is 5.16. The number of nitrogens with zero attached hydrogens (tertiary/aromatic N) is 2. The fraction of sp³-hybridized carbons (Fsp3) is 1.00. The lowest BCUT2D eigenvalue weighted by Crippen LogP contribution is -2.51. The average Bonchev–Trinajstić information content (AvgIpc) is 2.77. The average molecular weight is 255 g/mol. The number of ether oxygens (including phenoxy) is 1. The summed E-state index contributed by atoms with van der Waals surface area (Å²) in [6.45, 7) is 11.1. The van der Waals surface area contributed by atoms with Crippen LogP contribution in [0.3, 0.4) is 0 Å². The predicted molar refractivity (Wildman–Crippen MR) is 75.0 cm³/mol. The van der Waals surface area contributed by atoms with Crippen LogP contribution in [0.4, 0.5) is 0 Å². The van der Waals surface area contributed by atoms with E-state index in [1.54, 1.807) is 0 Å². The van der Waals surface area contributed by atoms with Gasteiger partial charge >= 0.3 is 0 Å². The van der Waals surface area contributed by atoms with Gasteiger partial charge in [0.25, 0.3) is 0 Å². The topological polar surface area (TPSA) is 27.7 Å². The van der Waals surface area contributed by atoms with E-state index in [9.17, 15) is 0 Å². The molecule has 2 fully saturated rings. The number of rotatable bonds is 5. The molecular weight excluding hydrogens is 226 g/mol. The number of morpholine rings is 1. The molecule has 0 aromatic rings. The molecule has 0 radical (unpaired) electrons. The fourth-order valence-electron chi connectivity index (χ4n) is 3.19. The zero-order valence-corrected chi connectivity index (χ0v) is 12.2. The van der Waals surface area contributed by atoms with Gasteiger partial charge in [0.05, 0.1) is 12.7 Å². The van der Waals surface area contributed by atoms with Crippen molar-refractivity contribution in [1.82, 2.24) is 15.1 Å². The van der Waals surface area contributed by atoms with Crippen molar-refractivity contribution in [3.8, 4) is 0 Å². The van der Waals surface area contributed by atoms with Gasteiger partial charge in [0.1, 0.15) is 0 Å². The van der Waals surface area contributed by atoms with E-state index in [2.05, 4.69) is 29.0 Å². The highest BCUT2D eigenvalue weighted by Gasteiger charge is 2.29. The van der Waals surface area contributed by atoms with Crippen molar-refractivity contribution in [2.75, 3.05) is 46.4 Å². The van der Waals surface area contributed by atoms with Crippen LogP contribution in [-0.4, -0.2) is 74.4 Å². The molecule has 0 aliphatic carbocycles. The van der Waals surface area contributed by atoms with Crippen LogP contribution in [0.25, 0.3) is 0 Å². The molecule has 0 aromatic carbocycles. The summed E-state index contributed by atoms with van der Waals surface area (Å²) in [5.74, 6) is 0. The van der Waals surface area contributed by atoms with Crippen LogP contribution in [0.2, 0.25) is 0 Å². The quantitative estimate of drug-likeness (QED) is 0.786. The van der Waals surface area contributed by atoms with Gasteiger partial charge in [-0.15, -0.1) is 0 Å². The monoisotopic (exact) mass is 255 g/mol. The second kappa shape index (κ2) is 6.85. The second-order valence-electron chi connectivity index (χ2n) is 5.93. The minimum atomic E-state index is 0.401. The Kier molecular flexibility index (Phi) is 5.42. The maximum absolute atomic E-state index is 5.94. The third kappa shape index (κ3) is 3.67. The molecule has 2 heterocycles. The first-order chi connectivity index (χ1) is 8.70. The van der Waals surface area contributed by atoms with Crippen LogP contribution in [0.5, 0.6) is 0 Å². The van der Waals surface area contributed by atoms with Crippen molar-refractivity contribution >= 4 is 0 Å². The van der Waals surface area contributed by atoms with Crippen LogP contribution >= 0.6 is 0 Å². The van der Waals surface area contributed by atoms with Gasteiger partial charge in [-0.1, -0.05) is 0 Å². The Balaban J connectivity index is 1.81. The first kappa shape index (κ1) is 14.3. The lowest BCUT2D eigenvalue weighted by molar-refractivity contribution is -0.0533. The van der Waals surface area contributed by atoms with Crippen LogP contribution < -0.4 is 5.32 Å². The van der Waals surface area contributed by atoms with Crippen LogP contribution in [0.1, 0.15) is 26.7 Å². The van der Waals surface area contributed by atoms with Crippen LogP contribution in [0.15, 0.2) is 0 Å². The summed E-state index contributed by atoms with van der Waals surface area (Å²) >= 11 is 0. The van der Waals surface area contributed by atoms with Gasteiger partial charge < -0.3 is 10.1 Å². The molecule has 0 amide bonds. The Labute approximate surface area is 112 Å². The van der Waals surface area contributed by atoms with Gasteiger partial charge in [-0.05, 0) is 40.3 Å². The Morgan fingerprint density at radius 1 is 1.33 bits per heavy atom. The predicted octanol–water partition coefficient (Wildman–Crippen LogP) is 0.779. The molecule has 2 aliphatic heterocycles. The molecule has 2 atom stereocenters. The molecule has 2 aliphatic rings. The van der Waals surface area contributed by atoms with E-state index >= 15 is 0 Å². The lowest BCUT2D eigenvalue weighted by atomic mass is 10.2. The van der Waals surface area contributed by atoms with Gasteiger partial charge in [0.2, 0.25) is 0 Å². The number of likely N-dealkylation sites (N-methyl/N-ethyl adjacent to an activating group) is 1. The molecule has 2 saturated heterocycles. The highest BCUT2D eigenvalue weighted by molar-refractivity contribution is 4.84. The summed E-state index contributed by atoms with van der Waals surface area (Å²) in [7, 11) is 2.05. The second-order valence-corrected chi connectivity index (χ2v) is 5.93. The Hall–Kier alpha value is -0.160. The maximum Gasteiger partial charge on any atom is 0.0829 e. The summed E-state index contributed by atoms with van der Waals surface area (Å²) in [5.41, 5.74) is 0. The number of hydrogen-bond acceptors (Lipinski definition) is 4. The highest BCUT2D eigenvalue weighted by atomic mass is 16.5. The molecule has 2 rings (SSSR count). The lowest BCUT2D eigenvalue weighted by Gasteiger charge is -2.38. The van der Waals surface area contributed by atoms with Gasteiger partial charge in [0.15, 0.2) is 0 Å². The summed E-state index contributed by atoms with van der Waals surface area (Å²) < 4.78 is 5.94. The highest BCUT2D eigenvalue weighted by Crippen LogP contribution is 2.19. The minimum Gasteiger partial charge on any atom is -0.374 e. The summed E-state index contributed by atoms with van der Waals surface area (Å²) in [6.07, 6.45) is 3.08. The van der Waals surface area contributed by atoms with Crippen molar-refractivity contribution in [1.29, 1.82) is 0 Å². The van der Waals surface area contributed by atoms with E-state index in [1.807, 2.05) is 7.05 Å². The number of nitrogens with one attached hydrogen (secondary N) is 1. The van der Waals surface area contributed by atoms with Crippen molar-refractivity contribution in [3.63, 3.8) is 0 Å². The Morgan fingerprint density at radius 2 is 2.17 bits per heavy atom. The zero-order valence-electron chi connectivity index (χ0n) is 12.2. The Bertz CT molecular complexity index is 247. The maximum atomic E-state index is 5.94. The molecule has 0 bridgehead atoms. The number of hydrogen-bond donors (Lipinski definition) is 1. The van der Waals surface area contributed by atoms with Crippen LogP contribution in [0, 0.1) is 0 Å². The van der Waals surface area contributed by atoms with Gasteiger partial charge in [0, 0.05) is 38.3 Å². The molecule has 18 heavy (non-hydrogen) atoms. The number of likely N-dealkylation sites (tertiary alicyclic amines) is 1. The molecule has 2 unspecified atom stereocenters. The van der Waals surface area contributed by atoms with E-state index < -0.39 is 0 Å². The van der Waals surface area contributed by atoms with E-state index in [1.165, 1.54) is 19.4 Å². The smallest absolute Gasteiger partial charge is 0.0829 e. The van der Waals surface area contributed by atoms with Crippen LogP contribution in [-0.2, 0) is 4.74 Å². The third-order valence-corrected chi connectivity index (χ3v) is 4.28. The Morgan fingerprint density at radius 3 is 2.89 bits per heavy atom. The SMILES string of the molecule is CNCC1CCCN1CC1CN(C(C)C)CCO1. The largest absolute Gasteiger partial charge is 0.374 e. The van der Waals surface area contributed by atoms with Crippen molar-refractivity contribution < 1.29 is 4.74 Å². The van der Waals surface area contributed by atoms with E-state index in [0.717, 1.165) is 32.8 Å². The molecule has 0 saturated carbocycles. The third-order valence-electron chi connectivity index (χ3n) is 4.28. The minimum absolute atomic E-state index is 0.401. The van der Waals surface area contributed by atoms with E-state index in [0.29, 0.717) is 18.2 Å². The standard InChI is InChI=1S/C14H29N3O/c1-12(2)16-7-8-18-14(10-16)11-17-6-4-5-13(17)9-15-3/h12-15H,4-11H2,1-3H3.